The zero-order valence-electron chi connectivity index (χ0n) is 14.3. The van der Waals surface area contributed by atoms with E-state index in [1.165, 1.54) is 22.3 Å². The lowest BCUT2D eigenvalue weighted by Gasteiger charge is -2.22. The second-order valence-corrected chi connectivity index (χ2v) is 7.02. The number of pyridine rings is 1. The summed E-state index contributed by atoms with van der Waals surface area (Å²) >= 11 is 0. The van der Waals surface area contributed by atoms with Crippen LogP contribution in [0, 0.1) is 0 Å². The Morgan fingerprint density at radius 3 is 2.20 bits per heavy atom. The third-order valence-corrected chi connectivity index (χ3v) is 5.20. The van der Waals surface area contributed by atoms with E-state index in [2.05, 4.69) is 55.2 Å². The van der Waals surface area contributed by atoms with Crippen molar-refractivity contribution in [3.8, 4) is 22.4 Å². The quantitative estimate of drug-likeness (QED) is 0.587. The fraction of sp³-hybridized carbons (Fsp3) is 0.150. The maximum absolute atomic E-state index is 6.16. The number of aromatic nitrogens is 1. The SMILES string of the molecule is [B]c1nc(-c2ccc3c(c2)C(C)(C)c2ccccc2-3)c([B])c([B])c1[B]. The Hall–Kier alpha value is -2.15. The molecule has 0 saturated carbocycles. The van der Waals surface area contributed by atoms with Crippen molar-refractivity contribution in [1.82, 2.24) is 4.98 Å². The van der Waals surface area contributed by atoms with Gasteiger partial charge in [0.25, 0.3) is 0 Å². The van der Waals surface area contributed by atoms with Crippen LogP contribution in [0.2, 0.25) is 0 Å². The molecule has 4 rings (SSSR count). The minimum Gasteiger partial charge on any atom is -0.266 e. The van der Waals surface area contributed by atoms with Gasteiger partial charge in [-0.05, 0) is 39.5 Å². The van der Waals surface area contributed by atoms with Crippen molar-refractivity contribution < 1.29 is 0 Å². The van der Waals surface area contributed by atoms with Gasteiger partial charge in [0.2, 0.25) is 0 Å². The molecule has 0 N–H and O–H groups in total. The van der Waals surface area contributed by atoms with Crippen molar-refractivity contribution in [2.75, 3.05) is 0 Å². The van der Waals surface area contributed by atoms with Gasteiger partial charge in [-0.3, -0.25) is 4.98 Å². The molecule has 1 aliphatic carbocycles. The molecule has 0 bridgehead atoms. The van der Waals surface area contributed by atoms with Gasteiger partial charge in [-0.25, -0.2) is 0 Å². The van der Waals surface area contributed by atoms with Gasteiger partial charge in [0.1, 0.15) is 31.4 Å². The predicted molar refractivity (Wildman–Crippen MR) is 109 cm³/mol. The van der Waals surface area contributed by atoms with Crippen molar-refractivity contribution in [3.05, 3.63) is 53.6 Å². The number of rotatable bonds is 1. The van der Waals surface area contributed by atoms with Crippen LogP contribution in [0.4, 0.5) is 0 Å². The van der Waals surface area contributed by atoms with Gasteiger partial charge < -0.3 is 0 Å². The summed E-state index contributed by atoms with van der Waals surface area (Å²) < 4.78 is 0. The molecule has 0 spiro atoms. The first-order chi connectivity index (χ1) is 11.8. The van der Waals surface area contributed by atoms with E-state index in [-0.39, 0.29) is 21.9 Å². The molecule has 0 unspecified atom stereocenters. The Kier molecular flexibility index (Phi) is 3.54. The molecule has 0 atom stereocenters. The summed E-state index contributed by atoms with van der Waals surface area (Å²) in [6.07, 6.45) is 0. The summed E-state index contributed by atoms with van der Waals surface area (Å²) in [5.74, 6) is 0. The molecule has 1 nitrogen and oxygen atoms in total. The van der Waals surface area contributed by atoms with E-state index < -0.39 is 0 Å². The summed E-state index contributed by atoms with van der Waals surface area (Å²) in [6, 6.07) is 14.7. The lowest BCUT2D eigenvalue weighted by molar-refractivity contribution is 0.660. The highest BCUT2D eigenvalue weighted by Gasteiger charge is 2.35. The molecule has 8 radical (unpaired) electrons. The van der Waals surface area contributed by atoms with Gasteiger partial charge in [-0.2, -0.15) is 0 Å². The molecular formula is C20H13B4N. The number of hydrogen-bond donors (Lipinski definition) is 0. The minimum atomic E-state index is -0.0956. The number of benzene rings is 2. The van der Waals surface area contributed by atoms with Crippen LogP contribution in [-0.2, 0) is 5.41 Å². The topological polar surface area (TPSA) is 12.9 Å². The van der Waals surface area contributed by atoms with E-state index in [0.717, 1.165) is 5.56 Å². The average molecular weight is 311 g/mol. The van der Waals surface area contributed by atoms with Gasteiger partial charge in [-0.15, -0.1) is 5.46 Å². The second-order valence-electron chi connectivity index (χ2n) is 7.02. The summed E-state index contributed by atoms with van der Waals surface area (Å²) in [5, 5.41) is 0. The monoisotopic (exact) mass is 311 g/mol. The molecule has 5 heteroatoms. The van der Waals surface area contributed by atoms with Gasteiger partial charge in [-0.1, -0.05) is 61.2 Å². The molecule has 0 saturated heterocycles. The van der Waals surface area contributed by atoms with E-state index in [4.69, 9.17) is 31.4 Å². The summed E-state index contributed by atoms with van der Waals surface area (Å²) in [7, 11) is 23.9. The van der Waals surface area contributed by atoms with E-state index in [1.807, 2.05) is 6.07 Å². The van der Waals surface area contributed by atoms with Crippen molar-refractivity contribution in [2.24, 2.45) is 0 Å². The third-order valence-electron chi connectivity index (χ3n) is 5.20. The highest BCUT2D eigenvalue weighted by molar-refractivity contribution is 6.62. The van der Waals surface area contributed by atoms with E-state index in [0.29, 0.717) is 11.2 Å². The molecule has 0 aliphatic heterocycles. The molecule has 25 heavy (non-hydrogen) atoms. The normalized spacial score (nSPS) is 14.2. The van der Waals surface area contributed by atoms with E-state index in [1.54, 1.807) is 0 Å². The molecule has 2 aromatic carbocycles. The molecule has 1 heterocycles. The first-order valence-corrected chi connectivity index (χ1v) is 8.17. The second kappa shape index (κ2) is 5.42. The van der Waals surface area contributed by atoms with Crippen LogP contribution in [0.3, 0.4) is 0 Å². The van der Waals surface area contributed by atoms with Crippen molar-refractivity contribution >= 4 is 53.4 Å². The summed E-state index contributed by atoms with van der Waals surface area (Å²) in [4.78, 5) is 4.37. The zero-order valence-corrected chi connectivity index (χ0v) is 14.3. The number of nitrogens with zero attached hydrogens (tertiary/aromatic N) is 1. The standard InChI is InChI=1S/C20H13B4N/c1-20(2)13-6-4-3-5-11(13)12-8-7-10(9-14(12)20)18-16(22)15(21)17(23)19(24)25-18/h3-9H,1-2H3. The van der Waals surface area contributed by atoms with Crippen LogP contribution < -0.4 is 22.0 Å². The molecule has 0 fully saturated rings. The minimum absolute atomic E-state index is 0.0956. The van der Waals surface area contributed by atoms with Crippen LogP contribution in [0.15, 0.2) is 42.5 Å². The predicted octanol–water partition coefficient (Wildman–Crippen LogP) is 0.230. The molecule has 0 amide bonds. The Morgan fingerprint density at radius 2 is 1.44 bits per heavy atom. The average Bonchev–Trinajstić information content (AvgIpc) is 2.84. The Balaban J connectivity index is 1.95. The smallest absolute Gasteiger partial charge is 0.140 e. The summed E-state index contributed by atoms with van der Waals surface area (Å²) in [6.45, 7) is 4.45. The highest BCUT2D eigenvalue weighted by atomic mass is 14.7. The number of hydrogen-bond acceptors (Lipinski definition) is 1. The van der Waals surface area contributed by atoms with Crippen LogP contribution in [-0.4, -0.2) is 36.4 Å². The Labute approximate surface area is 153 Å². The highest BCUT2D eigenvalue weighted by Crippen LogP contribution is 2.49. The lowest BCUT2D eigenvalue weighted by Crippen LogP contribution is -2.49. The van der Waals surface area contributed by atoms with E-state index in [9.17, 15) is 0 Å². The van der Waals surface area contributed by atoms with Crippen molar-refractivity contribution in [1.29, 1.82) is 0 Å². The zero-order chi connectivity index (χ0) is 17.9. The Morgan fingerprint density at radius 1 is 0.760 bits per heavy atom. The molecule has 3 aromatic rings. The molecule has 1 aliphatic rings. The fourth-order valence-electron chi connectivity index (χ4n) is 3.72. The fourth-order valence-corrected chi connectivity index (χ4v) is 3.72. The van der Waals surface area contributed by atoms with Gasteiger partial charge >= 0.3 is 0 Å². The lowest BCUT2D eigenvalue weighted by atomic mass is 9.68. The number of fused-ring (bicyclic) bond motifs is 3. The molecule has 1 aromatic heterocycles. The van der Waals surface area contributed by atoms with Crippen molar-refractivity contribution in [3.63, 3.8) is 0 Å². The third kappa shape index (κ3) is 2.25. The van der Waals surface area contributed by atoms with Crippen LogP contribution >= 0.6 is 0 Å². The maximum Gasteiger partial charge on any atom is 0.140 e. The Bertz CT molecular complexity index is 1020. The van der Waals surface area contributed by atoms with Gasteiger partial charge in [0.05, 0.1) is 5.69 Å². The molecule has 110 valence electrons. The largest absolute Gasteiger partial charge is 0.266 e. The summed E-state index contributed by atoms with van der Waals surface area (Å²) in [5.41, 5.74) is 7.49. The first-order valence-electron chi connectivity index (χ1n) is 8.17. The van der Waals surface area contributed by atoms with Crippen molar-refractivity contribution in [2.45, 2.75) is 19.3 Å². The maximum atomic E-state index is 6.16. The molecular weight excluding hydrogens is 297 g/mol. The van der Waals surface area contributed by atoms with Crippen LogP contribution in [0.25, 0.3) is 22.4 Å². The van der Waals surface area contributed by atoms with Crippen LogP contribution in [0.1, 0.15) is 25.0 Å². The van der Waals surface area contributed by atoms with Crippen LogP contribution in [0.5, 0.6) is 0 Å². The van der Waals surface area contributed by atoms with E-state index >= 15 is 0 Å². The van der Waals surface area contributed by atoms with Gasteiger partial charge in [0.15, 0.2) is 0 Å². The van der Waals surface area contributed by atoms with Gasteiger partial charge in [0, 0.05) is 5.41 Å². The first kappa shape index (κ1) is 16.3.